The summed E-state index contributed by atoms with van der Waals surface area (Å²) in [5.74, 6) is -0.614. The first-order chi connectivity index (χ1) is 12.8. The summed E-state index contributed by atoms with van der Waals surface area (Å²) >= 11 is 0. The topological polar surface area (TPSA) is 77.5 Å². The molecular formula is C19H36N2O6. The lowest BCUT2D eigenvalue weighted by Crippen LogP contribution is -2.27. The summed E-state index contributed by atoms with van der Waals surface area (Å²) in [4.78, 5) is 27.3. The van der Waals surface area contributed by atoms with Gasteiger partial charge in [0.15, 0.2) is 0 Å². The highest BCUT2D eigenvalue weighted by Crippen LogP contribution is 1.95. The van der Waals surface area contributed by atoms with E-state index >= 15 is 0 Å². The lowest BCUT2D eigenvalue weighted by Gasteiger charge is -2.17. The maximum atomic E-state index is 11.7. The van der Waals surface area contributed by atoms with E-state index in [1.165, 1.54) is 6.26 Å². The van der Waals surface area contributed by atoms with Crippen molar-refractivity contribution in [2.24, 2.45) is 0 Å². The number of esters is 2. The summed E-state index contributed by atoms with van der Waals surface area (Å²) in [6.07, 6.45) is 2.17. The summed E-state index contributed by atoms with van der Waals surface area (Å²) in [6, 6.07) is 0. The van der Waals surface area contributed by atoms with Crippen molar-refractivity contribution in [2.75, 3.05) is 66.7 Å². The normalized spacial score (nSPS) is 11.1. The Balaban J connectivity index is 3.60. The number of nitrogens with zero attached hydrogens (tertiary/aromatic N) is 2. The molecule has 0 unspecified atom stereocenters. The fourth-order valence-electron chi connectivity index (χ4n) is 1.98. The van der Waals surface area contributed by atoms with E-state index in [4.69, 9.17) is 18.9 Å². The summed E-state index contributed by atoms with van der Waals surface area (Å²) in [5.41, 5.74) is 0. The van der Waals surface area contributed by atoms with Gasteiger partial charge in [-0.05, 0) is 27.9 Å². The van der Waals surface area contributed by atoms with Gasteiger partial charge in [0.2, 0.25) is 0 Å². The third-order valence-corrected chi connectivity index (χ3v) is 3.64. The molecule has 0 aliphatic carbocycles. The van der Waals surface area contributed by atoms with Crippen molar-refractivity contribution in [3.8, 4) is 0 Å². The van der Waals surface area contributed by atoms with Crippen LogP contribution in [0.1, 0.15) is 26.7 Å². The molecule has 158 valence electrons. The zero-order valence-electron chi connectivity index (χ0n) is 17.3. The van der Waals surface area contributed by atoms with Crippen LogP contribution in [0.2, 0.25) is 0 Å². The van der Waals surface area contributed by atoms with E-state index in [0.29, 0.717) is 39.3 Å². The molecule has 0 atom stereocenters. The number of hydrogen-bond acceptors (Lipinski definition) is 8. The lowest BCUT2D eigenvalue weighted by atomic mass is 10.4. The minimum absolute atomic E-state index is 0.0753. The summed E-state index contributed by atoms with van der Waals surface area (Å²) < 4.78 is 20.6. The maximum absolute atomic E-state index is 11.7. The molecule has 8 heteroatoms. The van der Waals surface area contributed by atoms with Gasteiger partial charge in [-0.3, -0.25) is 9.59 Å². The zero-order chi connectivity index (χ0) is 20.5. The SMILES string of the molecule is C=COCCN(C)CCC(=O)OCCOC(=O)CCN(C)CCOC(C)C. The average molecular weight is 389 g/mol. The second kappa shape index (κ2) is 16.5. The second-order valence-corrected chi connectivity index (χ2v) is 6.50. The molecule has 0 rings (SSSR count). The molecule has 0 aliphatic heterocycles. The molecule has 0 aliphatic rings. The fraction of sp³-hybridized carbons (Fsp3) is 0.789. The molecule has 0 heterocycles. The highest BCUT2D eigenvalue weighted by Gasteiger charge is 2.08. The van der Waals surface area contributed by atoms with Crippen LogP contribution < -0.4 is 0 Å². The highest BCUT2D eigenvalue weighted by atomic mass is 16.6. The Hall–Kier alpha value is -1.64. The molecule has 0 aromatic carbocycles. The molecule has 0 spiro atoms. The van der Waals surface area contributed by atoms with E-state index in [1.54, 1.807) is 0 Å². The van der Waals surface area contributed by atoms with Crippen LogP contribution in [0, 0.1) is 0 Å². The van der Waals surface area contributed by atoms with E-state index in [0.717, 1.165) is 6.54 Å². The molecule has 0 saturated carbocycles. The summed E-state index contributed by atoms with van der Waals surface area (Å²) in [5, 5.41) is 0. The largest absolute Gasteiger partial charge is 0.500 e. The Labute approximate surface area is 163 Å². The summed E-state index contributed by atoms with van der Waals surface area (Å²) in [6.45, 7) is 11.4. The third-order valence-electron chi connectivity index (χ3n) is 3.64. The Morgan fingerprint density at radius 3 is 1.78 bits per heavy atom. The number of likely N-dealkylation sites (N-methyl/N-ethyl adjacent to an activating group) is 2. The fourth-order valence-corrected chi connectivity index (χ4v) is 1.98. The van der Waals surface area contributed by atoms with Crippen LogP contribution in [0.15, 0.2) is 12.8 Å². The first-order valence-electron chi connectivity index (χ1n) is 9.37. The predicted molar refractivity (Wildman–Crippen MR) is 103 cm³/mol. The van der Waals surface area contributed by atoms with Crippen molar-refractivity contribution in [1.82, 2.24) is 9.80 Å². The Morgan fingerprint density at radius 1 is 0.852 bits per heavy atom. The van der Waals surface area contributed by atoms with Crippen LogP contribution in [0.3, 0.4) is 0 Å². The van der Waals surface area contributed by atoms with Gasteiger partial charge < -0.3 is 28.7 Å². The number of hydrogen-bond donors (Lipinski definition) is 0. The Morgan fingerprint density at radius 2 is 1.33 bits per heavy atom. The predicted octanol–water partition coefficient (Wildman–Crippen LogP) is 1.30. The van der Waals surface area contributed by atoms with Crippen molar-refractivity contribution in [3.63, 3.8) is 0 Å². The van der Waals surface area contributed by atoms with Crippen molar-refractivity contribution in [2.45, 2.75) is 32.8 Å². The molecule has 0 N–H and O–H groups in total. The minimum atomic E-state index is -0.313. The van der Waals surface area contributed by atoms with Gasteiger partial charge in [-0.2, -0.15) is 0 Å². The van der Waals surface area contributed by atoms with E-state index in [2.05, 4.69) is 6.58 Å². The van der Waals surface area contributed by atoms with Gasteiger partial charge >= 0.3 is 11.9 Å². The highest BCUT2D eigenvalue weighted by molar-refractivity contribution is 5.70. The lowest BCUT2D eigenvalue weighted by molar-refractivity contribution is -0.152. The molecule has 0 aromatic heterocycles. The van der Waals surface area contributed by atoms with Crippen LogP contribution in [0.25, 0.3) is 0 Å². The summed E-state index contributed by atoms with van der Waals surface area (Å²) in [7, 11) is 3.83. The van der Waals surface area contributed by atoms with Crippen LogP contribution >= 0.6 is 0 Å². The first kappa shape index (κ1) is 25.4. The Bertz CT molecular complexity index is 417. The monoisotopic (exact) mass is 388 g/mol. The van der Waals surface area contributed by atoms with Crippen LogP contribution in [0.5, 0.6) is 0 Å². The molecule has 0 fully saturated rings. The third kappa shape index (κ3) is 17.5. The van der Waals surface area contributed by atoms with Gasteiger partial charge in [0.25, 0.3) is 0 Å². The first-order valence-corrected chi connectivity index (χ1v) is 9.37. The molecule has 27 heavy (non-hydrogen) atoms. The van der Waals surface area contributed by atoms with Crippen LogP contribution in [-0.2, 0) is 28.5 Å². The molecule has 0 aromatic rings. The number of rotatable bonds is 17. The molecule has 0 radical (unpaired) electrons. The molecular weight excluding hydrogens is 352 g/mol. The van der Waals surface area contributed by atoms with Gasteiger partial charge in [0, 0.05) is 26.2 Å². The Kier molecular flexibility index (Phi) is 15.5. The van der Waals surface area contributed by atoms with Crippen LogP contribution in [-0.4, -0.2) is 94.5 Å². The maximum Gasteiger partial charge on any atom is 0.307 e. The number of ether oxygens (including phenoxy) is 4. The van der Waals surface area contributed by atoms with E-state index < -0.39 is 0 Å². The average Bonchev–Trinajstić information content (AvgIpc) is 2.61. The molecule has 8 nitrogen and oxygen atoms in total. The zero-order valence-corrected chi connectivity index (χ0v) is 17.3. The van der Waals surface area contributed by atoms with Crippen LogP contribution in [0.4, 0.5) is 0 Å². The standard InChI is InChI=1S/C19H36N2O6/c1-6-24-13-11-20(4)9-7-18(22)26-15-16-27-19(23)8-10-21(5)12-14-25-17(2)3/h6,17H,1,7-16H2,2-5H3. The van der Waals surface area contributed by atoms with Gasteiger partial charge in [0.1, 0.15) is 13.2 Å². The van der Waals surface area contributed by atoms with Gasteiger partial charge in [-0.1, -0.05) is 6.58 Å². The van der Waals surface area contributed by atoms with Crippen molar-refractivity contribution in [1.29, 1.82) is 0 Å². The van der Waals surface area contributed by atoms with Crippen molar-refractivity contribution < 1.29 is 28.5 Å². The van der Waals surface area contributed by atoms with Crippen molar-refractivity contribution >= 4 is 11.9 Å². The minimum Gasteiger partial charge on any atom is -0.500 e. The number of carbonyl (C=O) groups excluding carboxylic acids is 2. The van der Waals surface area contributed by atoms with E-state index in [9.17, 15) is 9.59 Å². The van der Waals surface area contributed by atoms with E-state index in [-0.39, 0.29) is 37.7 Å². The van der Waals surface area contributed by atoms with Crippen molar-refractivity contribution in [3.05, 3.63) is 12.8 Å². The number of carbonyl (C=O) groups is 2. The smallest absolute Gasteiger partial charge is 0.307 e. The molecule has 0 amide bonds. The van der Waals surface area contributed by atoms with Gasteiger partial charge in [-0.15, -0.1) is 0 Å². The quantitative estimate of drug-likeness (QED) is 0.210. The van der Waals surface area contributed by atoms with Gasteiger partial charge in [-0.25, -0.2) is 0 Å². The van der Waals surface area contributed by atoms with E-state index in [1.807, 2.05) is 37.7 Å². The molecule has 0 saturated heterocycles. The second-order valence-electron chi connectivity index (χ2n) is 6.50. The molecule has 0 bridgehead atoms. The van der Waals surface area contributed by atoms with Gasteiger partial charge in [0.05, 0.1) is 38.4 Å².